The molecular weight excluding hydrogens is 312 g/mol. The molecule has 0 aromatic heterocycles. The third-order valence-electron chi connectivity index (χ3n) is 3.50. The normalized spacial score (nSPS) is 20.4. The quantitative estimate of drug-likeness (QED) is 0.914. The molecule has 0 aliphatic carbocycles. The lowest BCUT2D eigenvalue weighted by Crippen LogP contribution is -2.35. The molecule has 18 heavy (non-hydrogen) atoms. The van der Waals surface area contributed by atoms with Gasteiger partial charge in [0.25, 0.3) is 0 Å². The van der Waals surface area contributed by atoms with Crippen molar-refractivity contribution in [1.29, 1.82) is 0 Å². The SMILES string of the molecule is Cl.NCCC1CCCN(Cc2ccc(Br)cc2)C1. The van der Waals surface area contributed by atoms with Gasteiger partial charge in [-0.1, -0.05) is 28.1 Å². The summed E-state index contributed by atoms with van der Waals surface area (Å²) in [6, 6.07) is 8.65. The second-order valence-corrected chi connectivity index (χ2v) is 5.86. The maximum Gasteiger partial charge on any atom is 0.0233 e. The number of likely N-dealkylation sites (tertiary alicyclic amines) is 1. The molecule has 2 N–H and O–H groups in total. The predicted molar refractivity (Wildman–Crippen MR) is 83.1 cm³/mol. The minimum atomic E-state index is 0. The first-order valence-corrected chi connectivity index (χ1v) is 7.24. The molecule has 1 atom stereocenters. The van der Waals surface area contributed by atoms with E-state index in [1.165, 1.54) is 37.9 Å². The number of halogens is 2. The van der Waals surface area contributed by atoms with Crippen molar-refractivity contribution < 1.29 is 0 Å². The summed E-state index contributed by atoms with van der Waals surface area (Å²) in [5, 5.41) is 0. The summed E-state index contributed by atoms with van der Waals surface area (Å²) < 4.78 is 1.15. The van der Waals surface area contributed by atoms with Crippen molar-refractivity contribution in [3.05, 3.63) is 34.3 Å². The van der Waals surface area contributed by atoms with Crippen molar-refractivity contribution in [1.82, 2.24) is 4.90 Å². The van der Waals surface area contributed by atoms with Crippen LogP contribution >= 0.6 is 28.3 Å². The lowest BCUT2D eigenvalue weighted by Gasteiger charge is -2.32. The molecule has 0 bridgehead atoms. The van der Waals surface area contributed by atoms with Crippen LogP contribution < -0.4 is 5.73 Å². The van der Waals surface area contributed by atoms with Gasteiger partial charge in [0.1, 0.15) is 0 Å². The summed E-state index contributed by atoms with van der Waals surface area (Å²) in [7, 11) is 0. The van der Waals surface area contributed by atoms with Gasteiger partial charge in [0.15, 0.2) is 0 Å². The van der Waals surface area contributed by atoms with Crippen molar-refractivity contribution in [2.75, 3.05) is 19.6 Å². The Morgan fingerprint density at radius 2 is 2.00 bits per heavy atom. The zero-order chi connectivity index (χ0) is 12.1. The first-order chi connectivity index (χ1) is 8.28. The lowest BCUT2D eigenvalue weighted by molar-refractivity contribution is 0.163. The molecule has 2 nitrogen and oxygen atoms in total. The third-order valence-corrected chi connectivity index (χ3v) is 4.03. The highest BCUT2D eigenvalue weighted by molar-refractivity contribution is 9.10. The first kappa shape index (κ1) is 16.0. The smallest absolute Gasteiger partial charge is 0.0233 e. The van der Waals surface area contributed by atoms with E-state index in [0.717, 1.165) is 23.5 Å². The molecule has 0 amide bonds. The van der Waals surface area contributed by atoms with Gasteiger partial charge in [-0.2, -0.15) is 0 Å². The molecule has 1 fully saturated rings. The zero-order valence-corrected chi connectivity index (χ0v) is 13.0. The summed E-state index contributed by atoms with van der Waals surface area (Å²) in [6.45, 7) is 4.36. The molecule has 1 heterocycles. The molecule has 1 saturated heterocycles. The van der Waals surface area contributed by atoms with Gasteiger partial charge in [-0.3, -0.25) is 4.90 Å². The van der Waals surface area contributed by atoms with Crippen LogP contribution in [0.5, 0.6) is 0 Å². The van der Waals surface area contributed by atoms with E-state index in [2.05, 4.69) is 45.1 Å². The molecule has 0 saturated carbocycles. The Kier molecular flexibility index (Phi) is 7.23. The highest BCUT2D eigenvalue weighted by Crippen LogP contribution is 2.21. The fraction of sp³-hybridized carbons (Fsp3) is 0.571. The van der Waals surface area contributed by atoms with Crippen LogP contribution in [-0.2, 0) is 6.54 Å². The van der Waals surface area contributed by atoms with Crippen molar-refractivity contribution in [2.45, 2.75) is 25.8 Å². The highest BCUT2D eigenvalue weighted by Gasteiger charge is 2.18. The number of hydrogen-bond acceptors (Lipinski definition) is 2. The average Bonchev–Trinajstić information content (AvgIpc) is 2.33. The molecule has 1 aromatic carbocycles. The van der Waals surface area contributed by atoms with E-state index in [1.807, 2.05) is 0 Å². The van der Waals surface area contributed by atoms with E-state index in [4.69, 9.17) is 5.73 Å². The number of rotatable bonds is 4. The standard InChI is InChI=1S/C14H21BrN2.ClH/c15-14-5-3-13(4-6-14)11-17-9-1-2-12(10-17)7-8-16;/h3-6,12H,1-2,7-11,16H2;1H. The lowest BCUT2D eigenvalue weighted by atomic mass is 9.94. The minimum absolute atomic E-state index is 0. The predicted octanol–water partition coefficient (Wildman–Crippen LogP) is 3.43. The average molecular weight is 334 g/mol. The van der Waals surface area contributed by atoms with Crippen LogP contribution in [0.15, 0.2) is 28.7 Å². The summed E-state index contributed by atoms with van der Waals surface area (Å²) in [6.07, 6.45) is 3.85. The molecule has 1 aromatic rings. The second kappa shape index (κ2) is 8.16. The summed E-state index contributed by atoms with van der Waals surface area (Å²) in [5.41, 5.74) is 7.05. The monoisotopic (exact) mass is 332 g/mol. The van der Waals surface area contributed by atoms with Crippen LogP contribution in [0.4, 0.5) is 0 Å². The zero-order valence-electron chi connectivity index (χ0n) is 10.6. The largest absolute Gasteiger partial charge is 0.330 e. The molecule has 4 heteroatoms. The number of benzene rings is 1. The third kappa shape index (κ3) is 4.88. The van der Waals surface area contributed by atoms with Gasteiger partial charge in [0.05, 0.1) is 0 Å². The Labute approximate surface area is 124 Å². The minimum Gasteiger partial charge on any atom is -0.330 e. The topological polar surface area (TPSA) is 29.3 Å². The van der Waals surface area contributed by atoms with E-state index < -0.39 is 0 Å². The molecular formula is C14H22BrClN2. The van der Waals surface area contributed by atoms with E-state index >= 15 is 0 Å². The number of nitrogens with zero attached hydrogens (tertiary/aromatic N) is 1. The number of hydrogen-bond donors (Lipinski definition) is 1. The van der Waals surface area contributed by atoms with Gasteiger partial charge >= 0.3 is 0 Å². The van der Waals surface area contributed by atoms with Gasteiger partial charge in [-0.15, -0.1) is 12.4 Å². The van der Waals surface area contributed by atoms with Gasteiger partial charge < -0.3 is 5.73 Å². The number of nitrogens with two attached hydrogens (primary N) is 1. The van der Waals surface area contributed by atoms with Gasteiger partial charge in [0, 0.05) is 17.6 Å². The Morgan fingerprint density at radius 1 is 1.28 bits per heavy atom. The number of piperidine rings is 1. The maximum atomic E-state index is 5.65. The highest BCUT2D eigenvalue weighted by atomic mass is 79.9. The Hall–Kier alpha value is -0.0900. The van der Waals surface area contributed by atoms with Crippen LogP contribution in [0.25, 0.3) is 0 Å². The van der Waals surface area contributed by atoms with Gasteiger partial charge in [0.2, 0.25) is 0 Å². The van der Waals surface area contributed by atoms with E-state index in [-0.39, 0.29) is 12.4 Å². The van der Waals surface area contributed by atoms with Crippen LogP contribution in [0.1, 0.15) is 24.8 Å². The van der Waals surface area contributed by atoms with Crippen molar-refractivity contribution in [3.63, 3.8) is 0 Å². The Balaban J connectivity index is 0.00000162. The van der Waals surface area contributed by atoms with Gasteiger partial charge in [-0.25, -0.2) is 0 Å². The summed E-state index contributed by atoms with van der Waals surface area (Å²) >= 11 is 3.47. The van der Waals surface area contributed by atoms with Crippen molar-refractivity contribution in [3.8, 4) is 0 Å². The molecule has 102 valence electrons. The molecule has 1 aliphatic heterocycles. The van der Waals surface area contributed by atoms with Crippen molar-refractivity contribution in [2.24, 2.45) is 11.7 Å². The Bertz CT molecular complexity index is 340. The molecule has 1 aliphatic rings. The van der Waals surface area contributed by atoms with Crippen LogP contribution in [0, 0.1) is 5.92 Å². The first-order valence-electron chi connectivity index (χ1n) is 6.45. The molecule has 1 unspecified atom stereocenters. The van der Waals surface area contributed by atoms with E-state index in [0.29, 0.717) is 0 Å². The molecule has 2 rings (SSSR count). The van der Waals surface area contributed by atoms with Crippen LogP contribution in [0.2, 0.25) is 0 Å². The molecule has 0 radical (unpaired) electrons. The van der Waals surface area contributed by atoms with E-state index in [9.17, 15) is 0 Å². The fourth-order valence-electron chi connectivity index (χ4n) is 2.61. The van der Waals surface area contributed by atoms with Gasteiger partial charge in [-0.05, 0) is 56.0 Å². The van der Waals surface area contributed by atoms with Crippen molar-refractivity contribution >= 4 is 28.3 Å². The fourth-order valence-corrected chi connectivity index (χ4v) is 2.88. The second-order valence-electron chi connectivity index (χ2n) is 4.95. The molecule has 0 spiro atoms. The summed E-state index contributed by atoms with van der Waals surface area (Å²) in [4.78, 5) is 2.56. The maximum absolute atomic E-state index is 5.65. The van der Waals surface area contributed by atoms with Crippen LogP contribution in [-0.4, -0.2) is 24.5 Å². The Morgan fingerprint density at radius 3 is 2.67 bits per heavy atom. The summed E-state index contributed by atoms with van der Waals surface area (Å²) in [5.74, 6) is 0.809. The van der Waals surface area contributed by atoms with E-state index in [1.54, 1.807) is 0 Å². The van der Waals surface area contributed by atoms with Crippen LogP contribution in [0.3, 0.4) is 0 Å².